The predicted octanol–water partition coefficient (Wildman–Crippen LogP) is 3.10. The highest BCUT2D eigenvalue weighted by atomic mass is 35.5. The van der Waals surface area contributed by atoms with Crippen molar-refractivity contribution in [3.8, 4) is 5.88 Å². The van der Waals surface area contributed by atoms with Crippen LogP contribution in [0.15, 0.2) is 30.3 Å². The fourth-order valence-corrected chi connectivity index (χ4v) is 3.06. The lowest BCUT2D eigenvalue weighted by atomic mass is 10.1. The summed E-state index contributed by atoms with van der Waals surface area (Å²) in [6, 6.07) is 10.5. The van der Waals surface area contributed by atoms with Crippen molar-refractivity contribution in [2.24, 2.45) is 0 Å². The predicted molar refractivity (Wildman–Crippen MR) is 93.3 cm³/mol. The van der Waals surface area contributed by atoms with E-state index in [1.807, 2.05) is 6.07 Å². The van der Waals surface area contributed by atoms with Gasteiger partial charge in [0.15, 0.2) is 0 Å². The van der Waals surface area contributed by atoms with Crippen LogP contribution >= 0.6 is 11.6 Å². The Hall–Kier alpha value is -1.69. The third kappa shape index (κ3) is 4.44. The summed E-state index contributed by atoms with van der Waals surface area (Å²) >= 11 is 6.05. The number of nitrogens with zero attached hydrogens (tertiary/aromatic N) is 3. The topological polar surface area (TPSA) is 47.5 Å². The van der Waals surface area contributed by atoms with Crippen LogP contribution in [0.25, 0.3) is 0 Å². The lowest BCUT2D eigenvalue weighted by Gasteiger charge is -2.29. The molecular formula is C18H22ClN3O2. The Morgan fingerprint density at radius 1 is 1.17 bits per heavy atom. The largest absolute Gasteiger partial charge is 0.477 e. The van der Waals surface area contributed by atoms with Gasteiger partial charge in [0.2, 0.25) is 11.2 Å². The highest BCUT2D eigenvalue weighted by Crippen LogP contribution is 2.27. The van der Waals surface area contributed by atoms with E-state index in [1.165, 1.54) is 5.56 Å². The third-order valence-corrected chi connectivity index (χ3v) is 4.22. The second-order valence-corrected chi connectivity index (χ2v) is 6.20. The van der Waals surface area contributed by atoms with Crippen LogP contribution in [0.3, 0.4) is 0 Å². The van der Waals surface area contributed by atoms with Gasteiger partial charge < -0.3 is 9.47 Å². The zero-order valence-corrected chi connectivity index (χ0v) is 14.6. The van der Waals surface area contributed by atoms with Gasteiger partial charge in [-0.25, -0.2) is 4.98 Å². The first-order valence-corrected chi connectivity index (χ1v) is 8.57. The van der Waals surface area contributed by atoms with Crippen LogP contribution in [0, 0.1) is 0 Å². The van der Waals surface area contributed by atoms with Gasteiger partial charge in [0, 0.05) is 51.8 Å². The number of methoxy groups -OCH3 is 1. The molecule has 0 saturated heterocycles. The fourth-order valence-electron chi connectivity index (χ4n) is 2.88. The summed E-state index contributed by atoms with van der Waals surface area (Å²) in [4.78, 5) is 11.1. The van der Waals surface area contributed by atoms with Gasteiger partial charge in [0.25, 0.3) is 0 Å². The first kappa shape index (κ1) is 17.1. The first-order chi connectivity index (χ1) is 11.8. The van der Waals surface area contributed by atoms with Gasteiger partial charge in [0.05, 0.1) is 12.3 Å². The normalized spacial score (nSPS) is 14.4. The highest BCUT2D eigenvalue weighted by molar-refractivity contribution is 6.28. The maximum Gasteiger partial charge on any atom is 0.225 e. The number of hydrogen-bond acceptors (Lipinski definition) is 5. The van der Waals surface area contributed by atoms with Gasteiger partial charge in [-0.2, -0.15) is 4.98 Å². The molecule has 1 aromatic carbocycles. The second-order valence-electron chi connectivity index (χ2n) is 5.86. The van der Waals surface area contributed by atoms with E-state index in [-0.39, 0.29) is 5.28 Å². The molecule has 0 N–H and O–H groups in total. The summed E-state index contributed by atoms with van der Waals surface area (Å²) in [5.74, 6) is 0.610. The molecule has 24 heavy (non-hydrogen) atoms. The molecule has 1 aromatic heterocycles. The molecule has 0 bridgehead atoms. The number of halogens is 1. The van der Waals surface area contributed by atoms with Crippen LogP contribution in [0.5, 0.6) is 5.88 Å². The van der Waals surface area contributed by atoms with E-state index >= 15 is 0 Å². The summed E-state index contributed by atoms with van der Waals surface area (Å²) in [6.07, 6.45) is 1.68. The highest BCUT2D eigenvalue weighted by Gasteiger charge is 2.23. The first-order valence-electron chi connectivity index (χ1n) is 8.19. The molecule has 5 nitrogen and oxygen atoms in total. The molecule has 0 aliphatic carbocycles. The lowest BCUT2D eigenvalue weighted by Crippen LogP contribution is -2.31. The van der Waals surface area contributed by atoms with E-state index in [2.05, 4.69) is 39.1 Å². The van der Waals surface area contributed by atoms with E-state index in [0.717, 1.165) is 43.7 Å². The van der Waals surface area contributed by atoms with E-state index < -0.39 is 0 Å². The molecule has 0 amide bonds. The molecule has 0 saturated carbocycles. The lowest BCUT2D eigenvalue weighted by molar-refractivity contribution is 0.168. The average molecular weight is 348 g/mol. The van der Waals surface area contributed by atoms with Crippen LogP contribution < -0.4 is 4.74 Å². The van der Waals surface area contributed by atoms with Crippen molar-refractivity contribution in [3.63, 3.8) is 0 Å². The molecule has 0 atom stereocenters. The van der Waals surface area contributed by atoms with Crippen molar-refractivity contribution < 1.29 is 9.47 Å². The third-order valence-electron chi connectivity index (χ3n) is 4.05. The molecule has 2 aromatic rings. The van der Waals surface area contributed by atoms with Gasteiger partial charge in [-0.05, 0) is 17.2 Å². The maximum absolute atomic E-state index is 6.05. The van der Waals surface area contributed by atoms with Crippen molar-refractivity contribution in [2.45, 2.75) is 25.9 Å². The van der Waals surface area contributed by atoms with E-state index in [4.69, 9.17) is 21.1 Å². The summed E-state index contributed by atoms with van der Waals surface area (Å²) in [5.41, 5.74) is 3.36. The minimum Gasteiger partial charge on any atom is -0.477 e. The van der Waals surface area contributed by atoms with E-state index in [1.54, 1.807) is 7.11 Å². The van der Waals surface area contributed by atoms with Gasteiger partial charge in [-0.15, -0.1) is 0 Å². The van der Waals surface area contributed by atoms with Crippen molar-refractivity contribution in [1.29, 1.82) is 0 Å². The molecule has 128 valence electrons. The van der Waals surface area contributed by atoms with Crippen molar-refractivity contribution in [1.82, 2.24) is 14.9 Å². The molecule has 3 rings (SSSR count). The molecule has 0 radical (unpaired) electrons. The van der Waals surface area contributed by atoms with Crippen molar-refractivity contribution >= 4 is 11.6 Å². The minimum absolute atomic E-state index is 0.256. The number of benzene rings is 1. The fraction of sp³-hybridized carbons (Fsp3) is 0.444. The monoisotopic (exact) mass is 347 g/mol. The van der Waals surface area contributed by atoms with E-state index in [0.29, 0.717) is 19.1 Å². The Morgan fingerprint density at radius 3 is 2.79 bits per heavy atom. The Balaban J connectivity index is 1.71. The van der Waals surface area contributed by atoms with Gasteiger partial charge in [0.1, 0.15) is 0 Å². The maximum atomic E-state index is 6.05. The van der Waals surface area contributed by atoms with E-state index in [9.17, 15) is 0 Å². The van der Waals surface area contributed by atoms with Crippen LogP contribution in [0.4, 0.5) is 0 Å². The smallest absolute Gasteiger partial charge is 0.225 e. The molecule has 6 heteroatoms. The summed E-state index contributed by atoms with van der Waals surface area (Å²) in [5, 5.41) is 0.256. The summed E-state index contributed by atoms with van der Waals surface area (Å²) in [7, 11) is 1.69. The van der Waals surface area contributed by atoms with Crippen LogP contribution in [-0.4, -0.2) is 41.7 Å². The van der Waals surface area contributed by atoms with Crippen LogP contribution in [0.1, 0.15) is 23.2 Å². The Bertz CT molecular complexity index is 667. The number of ether oxygens (including phenoxy) is 2. The molecular weight excluding hydrogens is 326 g/mol. The Kier molecular flexibility index (Phi) is 6.01. The molecule has 1 aliphatic rings. The number of rotatable bonds is 7. The number of fused-ring (bicyclic) bond motifs is 1. The van der Waals surface area contributed by atoms with Crippen LogP contribution in [-0.2, 0) is 24.2 Å². The van der Waals surface area contributed by atoms with Gasteiger partial charge >= 0.3 is 0 Å². The molecule has 0 fully saturated rings. The Morgan fingerprint density at radius 2 is 2.00 bits per heavy atom. The second kappa shape index (κ2) is 8.42. The number of hydrogen-bond donors (Lipinski definition) is 0. The van der Waals surface area contributed by atoms with Crippen molar-refractivity contribution in [3.05, 3.63) is 52.4 Å². The molecule has 0 unspecified atom stereocenters. The zero-order chi connectivity index (χ0) is 16.8. The van der Waals surface area contributed by atoms with Gasteiger partial charge in [-0.3, -0.25) is 4.90 Å². The quantitative estimate of drug-likeness (QED) is 0.569. The van der Waals surface area contributed by atoms with Gasteiger partial charge in [-0.1, -0.05) is 30.3 Å². The molecule has 2 heterocycles. The Labute approximate surface area is 147 Å². The summed E-state index contributed by atoms with van der Waals surface area (Å²) in [6.45, 7) is 3.87. The van der Waals surface area contributed by atoms with Crippen molar-refractivity contribution in [2.75, 3.05) is 26.9 Å². The number of aromatic nitrogens is 2. The zero-order valence-electron chi connectivity index (χ0n) is 13.9. The molecule has 0 spiro atoms. The minimum atomic E-state index is 0.256. The average Bonchev–Trinajstić information content (AvgIpc) is 2.60. The standard InChI is InChI=1S/C18H22ClN3O2/c1-23-10-5-11-24-17-15-13-22(12-14-6-3-2-4-7-14)9-8-16(15)20-18(19)21-17/h2-4,6-7H,5,8-13H2,1H3. The SMILES string of the molecule is COCCCOc1nc(Cl)nc2c1CN(Cc1ccccc1)CC2. The summed E-state index contributed by atoms with van der Waals surface area (Å²) < 4.78 is 10.9. The molecule has 1 aliphatic heterocycles. The van der Waals surface area contributed by atoms with Crippen LogP contribution in [0.2, 0.25) is 5.28 Å².